The van der Waals surface area contributed by atoms with Gasteiger partial charge in [0.25, 0.3) is 10.0 Å². The molecule has 0 radical (unpaired) electrons. The molecule has 1 aliphatic carbocycles. The van der Waals surface area contributed by atoms with Crippen LogP contribution in [-0.4, -0.2) is 58.6 Å². The van der Waals surface area contributed by atoms with Crippen LogP contribution >= 0.6 is 11.3 Å². The van der Waals surface area contributed by atoms with E-state index in [-0.39, 0.29) is 5.41 Å². The summed E-state index contributed by atoms with van der Waals surface area (Å²) < 4.78 is 32.7. The molecule has 0 amide bonds. The minimum atomic E-state index is -3.44. The van der Waals surface area contributed by atoms with Gasteiger partial charge in [-0.1, -0.05) is 30.3 Å². The number of thiophene rings is 1. The van der Waals surface area contributed by atoms with Crippen molar-refractivity contribution in [1.29, 1.82) is 0 Å². The SMILES string of the molecule is CN=C(NCc1ccc(S(=O)(=O)N2CCOCC2)s1)NCC1(c2ccccc2)CC1. The van der Waals surface area contributed by atoms with E-state index in [4.69, 9.17) is 4.74 Å². The largest absolute Gasteiger partial charge is 0.379 e. The normalized spacial score (nSPS) is 19.4. The summed E-state index contributed by atoms with van der Waals surface area (Å²) in [5.41, 5.74) is 1.56. The number of rotatable bonds is 7. The Hall–Kier alpha value is -1.94. The van der Waals surface area contributed by atoms with Gasteiger partial charge in [0.05, 0.1) is 19.8 Å². The van der Waals surface area contributed by atoms with Crippen LogP contribution in [0.4, 0.5) is 0 Å². The first-order chi connectivity index (χ1) is 14.5. The summed E-state index contributed by atoms with van der Waals surface area (Å²) >= 11 is 1.30. The van der Waals surface area contributed by atoms with Crippen LogP contribution in [0.2, 0.25) is 0 Å². The lowest BCUT2D eigenvalue weighted by molar-refractivity contribution is 0.0731. The van der Waals surface area contributed by atoms with Crippen molar-refractivity contribution in [1.82, 2.24) is 14.9 Å². The Bertz CT molecular complexity index is 979. The lowest BCUT2D eigenvalue weighted by Crippen LogP contribution is -2.40. The van der Waals surface area contributed by atoms with E-state index in [0.29, 0.717) is 37.1 Å². The molecule has 0 bridgehead atoms. The Morgan fingerprint density at radius 1 is 1.13 bits per heavy atom. The van der Waals surface area contributed by atoms with Crippen molar-refractivity contribution < 1.29 is 13.2 Å². The third-order valence-electron chi connectivity index (χ3n) is 5.69. The lowest BCUT2D eigenvalue weighted by Gasteiger charge is -2.25. The van der Waals surface area contributed by atoms with Crippen LogP contribution < -0.4 is 10.6 Å². The fraction of sp³-hybridized carbons (Fsp3) is 0.476. The molecule has 9 heteroatoms. The Kier molecular flexibility index (Phi) is 6.43. The molecule has 1 aromatic carbocycles. The van der Waals surface area contributed by atoms with Gasteiger partial charge in [0, 0.05) is 37.0 Å². The van der Waals surface area contributed by atoms with Gasteiger partial charge in [-0.05, 0) is 30.5 Å². The molecule has 0 atom stereocenters. The van der Waals surface area contributed by atoms with Crippen LogP contribution in [0.15, 0.2) is 51.7 Å². The Morgan fingerprint density at radius 2 is 1.87 bits per heavy atom. The number of aliphatic imine (C=N–C) groups is 1. The van der Waals surface area contributed by atoms with E-state index in [9.17, 15) is 8.42 Å². The average molecular weight is 449 g/mol. The summed E-state index contributed by atoms with van der Waals surface area (Å²) in [6.07, 6.45) is 2.35. The highest BCUT2D eigenvalue weighted by atomic mass is 32.2. The standard InChI is InChI=1S/C21H28N4O3S2/c1-22-20(24-16-21(9-10-21)17-5-3-2-4-6-17)23-15-18-7-8-19(29-18)30(26,27)25-11-13-28-14-12-25/h2-8H,9-16H2,1H3,(H2,22,23,24). The first-order valence-electron chi connectivity index (χ1n) is 10.2. The number of nitrogens with zero attached hydrogens (tertiary/aromatic N) is 2. The summed E-state index contributed by atoms with van der Waals surface area (Å²) in [7, 11) is -1.69. The van der Waals surface area contributed by atoms with E-state index in [1.165, 1.54) is 34.0 Å². The van der Waals surface area contributed by atoms with Crippen LogP contribution in [-0.2, 0) is 26.7 Å². The fourth-order valence-corrected chi connectivity index (χ4v) is 6.52. The van der Waals surface area contributed by atoms with Crippen LogP contribution in [0.1, 0.15) is 23.3 Å². The Balaban J connectivity index is 1.32. The van der Waals surface area contributed by atoms with Gasteiger partial charge in [-0.25, -0.2) is 8.42 Å². The number of hydrogen-bond acceptors (Lipinski definition) is 5. The quantitative estimate of drug-likeness (QED) is 0.501. The van der Waals surface area contributed by atoms with Crippen molar-refractivity contribution in [3.8, 4) is 0 Å². The van der Waals surface area contributed by atoms with Crippen molar-refractivity contribution in [2.45, 2.75) is 29.0 Å². The smallest absolute Gasteiger partial charge is 0.252 e. The maximum Gasteiger partial charge on any atom is 0.252 e. The molecule has 4 rings (SSSR count). The summed E-state index contributed by atoms with van der Waals surface area (Å²) in [6.45, 7) is 3.08. The van der Waals surface area contributed by atoms with E-state index in [0.717, 1.165) is 17.4 Å². The van der Waals surface area contributed by atoms with Gasteiger partial charge < -0.3 is 15.4 Å². The van der Waals surface area contributed by atoms with Gasteiger partial charge in [0.2, 0.25) is 0 Å². The predicted molar refractivity (Wildman–Crippen MR) is 119 cm³/mol. The minimum absolute atomic E-state index is 0.196. The number of sulfonamides is 1. The van der Waals surface area contributed by atoms with Crippen LogP contribution in [0.3, 0.4) is 0 Å². The number of morpholine rings is 1. The number of nitrogens with one attached hydrogen (secondary N) is 2. The molecular weight excluding hydrogens is 420 g/mol. The van der Waals surface area contributed by atoms with Crippen molar-refractivity contribution >= 4 is 27.3 Å². The minimum Gasteiger partial charge on any atom is -0.379 e. The van der Waals surface area contributed by atoms with Gasteiger partial charge in [-0.2, -0.15) is 4.31 Å². The molecule has 2 N–H and O–H groups in total. The molecule has 2 fully saturated rings. The van der Waals surface area contributed by atoms with Crippen LogP contribution in [0.5, 0.6) is 0 Å². The van der Waals surface area contributed by atoms with Crippen molar-refractivity contribution in [3.05, 3.63) is 52.9 Å². The molecular formula is C21H28N4O3S2. The van der Waals surface area contributed by atoms with E-state index in [1.54, 1.807) is 13.1 Å². The lowest BCUT2D eigenvalue weighted by atomic mass is 9.96. The summed E-state index contributed by atoms with van der Waals surface area (Å²) in [6, 6.07) is 14.1. The maximum atomic E-state index is 12.8. The van der Waals surface area contributed by atoms with Gasteiger partial charge in [0.15, 0.2) is 5.96 Å². The third-order valence-corrected chi connectivity index (χ3v) is 9.14. The zero-order valence-corrected chi connectivity index (χ0v) is 18.8. The monoisotopic (exact) mass is 448 g/mol. The molecule has 2 aromatic rings. The predicted octanol–water partition coefficient (Wildman–Crippen LogP) is 2.17. The topological polar surface area (TPSA) is 83.0 Å². The molecule has 0 spiro atoms. The molecule has 30 heavy (non-hydrogen) atoms. The molecule has 0 unspecified atom stereocenters. The van der Waals surface area contributed by atoms with Crippen molar-refractivity contribution in [2.75, 3.05) is 39.9 Å². The van der Waals surface area contributed by atoms with Gasteiger partial charge in [0.1, 0.15) is 4.21 Å². The molecule has 1 saturated carbocycles. The van der Waals surface area contributed by atoms with Gasteiger partial charge in [-0.15, -0.1) is 11.3 Å². The first kappa shape index (κ1) is 21.3. The first-order valence-corrected chi connectivity index (χ1v) is 12.5. The molecule has 2 heterocycles. The second-order valence-corrected chi connectivity index (χ2v) is 11.0. The molecule has 162 valence electrons. The maximum absolute atomic E-state index is 12.8. The van der Waals surface area contributed by atoms with Gasteiger partial charge >= 0.3 is 0 Å². The number of ether oxygens (including phenoxy) is 1. The number of hydrogen-bond donors (Lipinski definition) is 2. The Morgan fingerprint density at radius 3 is 2.53 bits per heavy atom. The van der Waals surface area contributed by atoms with Gasteiger partial charge in [-0.3, -0.25) is 4.99 Å². The van der Waals surface area contributed by atoms with Crippen molar-refractivity contribution in [2.24, 2.45) is 4.99 Å². The van der Waals surface area contributed by atoms with Crippen molar-refractivity contribution in [3.63, 3.8) is 0 Å². The molecule has 1 aromatic heterocycles. The van der Waals surface area contributed by atoms with Crippen LogP contribution in [0.25, 0.3) is 0 Å². The molecule has 1 saturated heterocycles. The summed E-state index contributed by atoms with van der Waals surface area (Å²) in [5, 5.41) is 6.74. The molecule has 7 nitrogen and oxygen atoms in total. The highest BCUT2D eigenvalue weighted by molar-refractivity contribution is 7.91. The van der Waals surface area contributed by atoms with E-state index < -0.39 is 10.0 Å². The second-order valence-electron chi connectivity index (χ2n) is 7.66. The third kappa shape index (κ3) is 4.69. The summed E-state index contributed by atoms with van der Waals surface area (Å²) in [4.78, 5) is 5.27. The van der Waals surface area contributed by atoms with E-state index >= 15 is 0 Å². The highest BCUT2D eigenvalue weighted by Gasteiger charge is 2.44. The molecule has 1 aliphatic heterocycles. The number of benzene rings is 1. The van der Waals surface area contributed by atoms with Crippen LogP contribution in [0, 0.1) is 0 Å². The van der Waals surface area contributed by atoms with E-state index in [2.05, 4.69) is 39.9 Å². The average Bonchev–Trinajstić information content (AvgIpc) is 3.43. The zero-order chi connectivity index (χ0) is 21.0. The number of guanidine groups is 1. The summed E-state index contributed by atoms with van der Waals surface area (Å²) in [5.74, 6) is 0.725. The van der Waals surface area contributed by atoms with E-state index in [1.807, 2.05) is 12.1 Å². The zero-order valence-electron chi connectivity index (χ0n) is 17.1. The second kappa shape index (κ2) is 9.05. The highest BCUT2D eigenvalue weighted by Crippen LogP contribution is 2.47. The fourth-order valence-electron chi connectivity index (χ4n) is 3.66. The Labute approximate surface area is 182 Å². The molecule has 2 aliphatic rings.